The van der Waals surface area contributed by atoms with Gasteiger partial charge in [0.15, 0.2) is 0 Å². The quantitative estimate of drug-likeness (QED) is 0.390. The lowest BCUT2D eigenvalue weighted by Crippen LogP contribution is -2.19. The minimum Gasteiger partial charge on any atom is -0.362 e. The van der Waals surface area contributed by atoms with Crippen LogP contribution in [0.3, 0.4) is 0 Å². The van der Waals surface area contributed by atoms with E-state index < -0.39 is 12.1 Å². The van der Waals surface area contributed by atoms with Crippen LogP contribution in [-0.2, 0) is 0 Å². The van der Waals surface area contributed by atoms with E-state index >= 15 is 0 Å². The molecule has 0 atom stereocenters. The molecule has 68 valence electrons. The number of hydrogen-bond acceptors (Lipinski definition) is 4. The van der Waals surface area contributed by atoms with Crippen molar-refractivity contribution in [3.63, 3.8) is 0 Å². The average molecular weight is 180 g/mol. The van der Waals surface area contributed by atoms with Crippen LogP contribution >= 0.6 is 0 Å². The van der Waals surface area contributed by atoms with Crippen molar-refractivity contribution >= 4 is 12.1 Å². The second kappa shape index (κ2) is 3.93. The molecule has 0 radical (unpaired) electrons. The van der Waals surface area contributed by atoms with Crippen molar-refractivity contribution in [1.29, 1.82) is 0 Å². The number of Topliss-reactive ketones (excluding diaryl/α,β-unsaturated/α-hetero) is 1. The predicted molar refractivity (Wildman–Crippen MR) is 44.4 cm³/mol. The Labute approximate surface area is 74.4 Å². The first-order chi connectivity index (χ1) is 6.15. The van der Waals surface area contributed by atoms with Crippen molar-refractivity contribution < 1.29 is 19.8 Å². The first-order valence-electron chi connectivity index (χ1n) is 3.60. The fourth-order valence-corrected chi connectivity index (χ4v) is 0.914. The molecule has 4 nitrogen and oxygen atoms in total. The van der Waals surface area contributed by atoms with Crippen LogP contribution in [0.25, 0.3) is 0 Å². The summed E-state index contributed by atoms with van der Waals surface area (Å²) in [4.78, 5) is 21.3. The Hall–Kier alpha value is -1.52. The lowest BCUT2D eigenvalue weighted by molar-refractivity contribution is -0.0195. The van der Waals surface area contributed by atoms with Crippen LogP contribution in [0.1, 0.15) is 20.7 Å². The Kier molecular flexibility index (Phi) is 2.89. The highest BCUT2D eigenvalue weighted by Gasteiger charge is 2.13. The van der Waals surface area contributed by atoms with Gasteiger partial charge in [0.1, 0.15) is 6.29 Å². The summed E-state index contributed by atoms with van der Waals surface area (Å²) >= 11 is 0. The van der Waals surface area contributed by atoms with Crippen molar-refractivity contribution in [3.8, 4) is 0 Å². The number of aliphatic hydroxyl groups excluding tert-OH is 1. The average Bonchev–Trinajstić information content (AvgIpc) is 2.16. The lowest BCUT2D eigenvalue weighted by Gasteiger charge is -2.02. The molecule has 1 aromatic carbocycles. The monoisotopic (exact) mass is 180 g/mol. The zero-order valence-corrected chi connectivity index (χ0v) is 6.68. The van der Waals surface area contributed by atoms with Crippen molar-refractivity contribution in [2.24, 2.45) is 0 Å². The summed E-state index contributed by atoms with van der Waals surface area (Å²) in [6.07, 6.45) is -1.44. The van der Waals surface area contributed by atoms with Gasteiger partial charge in [0.2, 0.25) is 12.1 Å². The van der Waals surface area contributed by atoms with Crippen LogP contribution in [0.5, 0.6) is 0 Å². The number of carbonyl (C=O) groups excluding carboxylic acids is 2. The van der Waals surface area contributed by atoms with E-state index in [4.69, 9.17) is 10.2 Å². The number of benzene rings is 1. The maximum Gasteiger partial charge on any atom is 0.218 e. The SMILES string of the molecule is O=Cc1cccc(C(=O)C(O)O)c1. The van der Waals surface area contributed by atoms with Crippen LogP contribution in [0.2, 0.25) is 0 Å². The molecular formula is C9H8O4. The molecule has 0 saturated carbocycles. The molecule has 1 aromatic rings. The third-order valence-electron chi connectivity index (χ3n) is 1.54. The second-order valence-corrected chi connectivity index (χ2v) is 2.48. The van der Waals surface area contributed by atoms with Gasteiger partial charge in [-0.3, -0.25) is 9.59 Å². The maximum atomic E-state index is 11.0. The van der Waals surface area contributed by atoms with Crippen LogP contribution in [0.4, 0.5) is 0 Å². The molecule has 0 amide bonds. The fraction of sp³-hybridized carbons (Fsp3) is 0.111. The van der Waals surface area contributed by atoms with Gasteiger partial charge in [-0.25, -0.2) is 0 Å². The number of carbonyl (C=O) groups is 2. The Bertz CT molecular complexity index is 330. The summed E-state index contributed by atoms with van der Waals surface area (Å²) in [5.41, 5.74) is 0.436. The van der Waals surface area contributed by atoms with Gasteiger partial charge < -0.3 is 10.2 Å². The van der Waals surface area contributed by atoms with Crippen molar-refractivity contribution in [2.45, 2.75) is 6.29 Å². The van der Waals surface area contributed by atoms with Crippen LogP contribution < -0.4 is 0 Å². The zero-order chi connectivity index (χ0) is 9.84. The number of hydrogen-bond donors (Lipinski definition) is 2. The van der Waals surface area contributed by atoms with Crippen LogP contribution in [-0.4, -0.2) is 28.6 Å². The van der Waals surface area contributed by atoms with E-state index in [9.17, 15) is 9.59 Å². The van der Waals surface area contributed by atoms with Crippen molar-refractivity contribution in [1.82, 2.24) is 0 Å². The van der Waals surface area contributed by atoms with Crippen LogP contribution in [0, 0.1) is 0 Å². The fourth-order valence-electron chi connectivity index (χ4n) is 0.914. The highest BCUT2D eigenvalue weighted by Crippen LogP contribution is 2.05. The molecular weight excluding hydrogens is 172 g/mol. The first kappa shape index (κ1) is 9.57. The second-order valence-electron chi connectivity index (χ2n) is 2.48. The highest BCUT2D eigenvalue weighted by molar-refractivity contribution is 5.99. The van der Waals surface area contributed by atoms with Gasteiger partial charge in [0.05, 0.1) is 0 Å². The Morgan fingerprint density at radius 1 is 1.38 bits per heavy atom. The summed E-state index contributed by atoms with van der Waals surface area (Å²) < 4.78 is 0. The first-order valence-corrected chi connectivity index (χ1v) is 3.60. The topological polar surface area (TPSA) is 74.6 Å². The number of aliphatic hydroxyl groups is 2. The minimum absolute atomic E-state index is 0.111. The van der Waals surface area contributed by atoms with Crippen LogP contribution in [0.15, 0.2) is 24.3 Å². The van der Waals surface area contributed by atoms with Gasteiger partial charge in [-0.1, -0.05) is 18.2 Å². The standard InChI is InChI=1S/C9H8O4/c10-5-6-2-1-3-7(4-6)8(11)9(12)13/h1-5,9,12-13H. The van der Waals surface area contributed by atoms with Gasteiger partial charge in [-0.15, -0.1) is 0 Å². The lowest BCUT2D eigenvalue weighted by atomic mass is 10.1. The van der Waals surface area contributed by atoms with E-state index in [1.807, 2.05) is 0 Å². The molecule has 0 spiro atoms. The van der Waals surface area contributed by atoms with E-state index in [-0.39, 0.29) is 5.56 Å². The molecule has 0 fully saturated rings. The highest BCUT2D eigenvalue weighted by atomic mass is 16.5. The van der Waals surface area contributed by atoms with E-state index in [0.29, 0.717) is 11.8 Å². The molecule has 0 aliphatic heterocycles. The third-order valence-corrected chi connectivity index (χ3v) is 1.54. The number of ketones is 1. The zero-order valence-electron chi connectivity index (χ0n) is 6.68. The van der Waals surface area contributed by atoms with E-state index in [2.05, 4.69) is 0 Å². The molecule has 0 saturated heterocycles. The predicted octanol–water partition coefficient (Wildman–Crippen LogP) is -0.00750. The minimum atomic E-state index is -2.03. The largest absolute Gasteiger partial charge is 0.362 e. The summed E-state index contributed by atoms with van der Waals surface area (Å²) in [6.45, 7) is 0. The van der Waals surface area contributed by atoms with Gasteiger partial charge >= 0.3 is 0 Å². The molecule has 0 unspecified atom stereocenters. The summed E-state index contributed by atoms with van der Waals surface area (Å²) in [5.74, 6) is -0.816. The number of rotatable bonds is 3. The van der Waals surface area contributed by atoms with Gasteiger partial charge in [0, 0.05) is 11.1 Å². The Morgan fingerprint density at radius 3 is 2.62 bits per heavy atom. The van der Waals surface area contributed by atoms with Gasteiger partial charge in [0.25, 0.3) is 0 Å². The van der Waals surface area contributed by atoms with Gasteiger partial charge in [-0.05, 0) is 6.07 Å². The molecule has 13 heavy (non-hydrogen) atoms. The normalized spacial score (nSPS) is 10.1. The summed E-state index contributed by atoms with van der Waals surface area (Å²) in [5, 5.41) is 17.1. The Balaban J connectivity index is 3.01. The van der Waals surface area contributed by atoms with Gasteiger partial charge in [-0.2, -0.15) is 0 Å². The van der Waals surface area contributed by atoms with Crippen molar-refractivity contribution in [2.75, 3.05) is 0 Å². The molecule has 4 heteroatoms. The molecule has 2 N–H and O–H groups in total. The molecule has 0 heterocycles. The molecule has 1 rings (SSSR count). The maximum absolute atomic E-state index is 11.0. The molecule has 0 aliphatic rings. The Morgan fingerprint density at radius 2 is 2.08 bits per heavy atom. The molecule has 0 bridgehead atoms. The third kappa shape index (κ3) is 2.21. The van der Waals surface area contributed by atoms with Crippen molar-refractivity contribution in [3.05, 3.63) is 35.4 Å². The molecule has 0 aliphatic carbocycles. The molecule has 0 aromatic heterocycles. The summed E-state index contributed by atoms with van der Waals surface area (Å²) in [7, 11) is 0. The van der Waals surface area contributed by atoms with E-state index in [1.54, 1.807) is 0 Å². The van der Waals surface area contributed by atoms with E-state index in [1.165, 1.54) is 24.3 Å². The smallest absolute Gasteiger partial charge is 0.218 e. The number of aldehydes is 1. The summed E-state index contributed by atoms with van der Waals surface area (Å²) in [6, 6.07) is 5.73. The van der Waals surface area contributed by atoms with E-state index in [0.717, 1.165) is 0 Å².